The van der Waals surface area contributed by atoms with Gasteiger partial charge in [0, 0.05) is 16.8 Å². The molecule has 0 saturated heterocycles. The lowest BCUT2D eigenvalue weighted by atomic mass is 9.82. The SMILES string of the molecule is Cc1cccc(C(=O)Nc2ccc(C(=O)NNC(=O)[C@H]3[C@@H](C(=O)O)[C@H]4C=C[C@H]3C4)cc2)c1. The first kappa shape index (κ1) is 21.3. The number of nitrogens with one attached hydrogen (secondary N) is 3. The van der Waals surface area contributed by atoms with Crippen LogP contribution < -0.4 is 16.2 Å². The van der Waals surface area contributed by atoms with E-state index < -0.39 is 29.6 Å². The van der Waals surface area contributed by atoms with Gasteiger partial charge in [-0.2, -0.15) is 0 Å². The van der Waals surface area contributed by atoms with Gasteiger partial charge in [-0.15, -0.1) is 0 Å². The van der Waals surface area contributed by atoms with Crippen molar-refractivity contribution in [3.63, 3.8) is 0 Å². The number of amides is 3. The molecule has 1 fully saturated rings. The Kier molecular flexibility index (Phi) is 5.77. The normalized spacial score (nSPS) is 22.9. The lowest BCUT2D eigenvalue weighted by Gasteiger charge is -2.23. The third kappa shape index (κ3) is 4.25. The van der Waals surface area contributed by atoms with E-state index in [-0.39, 0.29) is 23.3 Å². The number of carbonyl (C=O) groups excluding carboxylic acids is 3. The van der Waals surface area contributed by atoms with Crippen LogP contribution >= 0.6 is 0 Å². The molecule has 2 bridgehead atoms. The number of hydrazine groups is 1. The standard InChI is InChI=1S/C24H23N3O5/c1-13-3-2-4-17(11-13)21(28)25-18-9-7-14(8-10-18)22(29)26-27-23(30)19-15-5-6-16(12-15)20(19)24(31)32/h2-11,15-16,19-20H,12H2,1H3,(H,25,28)(H,26,29)(H,27,30)(H,31,32)/t15-,16-,19+,20-/m0/s1. The van der Waals surface area contributed by atoms with Crippen LogP contribution in [-0.4, -0.2) is 28.8 Å². The van der Waals surface area contributed by atoms with E-state index in [1.807, 2.05) is 25.1 Å². The molecule has 8 nitrogen and oxygen atoms in total. The Morgan fingerprint density at radius 1 is 0.844 bits per heavy atom. The van der Waals surface area contributed by atoms with Crippen LogP contribution in [0.15, 0.2) is 60.7 Å². The summed E-state index contributed by atoms with van der Waals surface area (Å²) in [4.78, 5) is 48.8. The monoisotopic (exact) mass is 433 g/mol. The maximum atomic E-state index is 12.5. The quantitative estimate of drug-likeness (QED) is 0.426. The van der Waals surface area contributed by atoms with Crippen molar-refractivity contribution in [1.82, 2.24) is 10.9 Å². The lowest BCUT2D eigenvalue weighted by Crippen LogP contribution is -2.48. The van der Waals surface area contributed by atoms with Gasteiger partial charge in [-0.1, -0.05) is 29.8 Å². The number of rotatable bonds is 5. The molecule has 0 unspecified atom stereocenters. The van der Waals surface area contributed by atoms with Crippen molar-refractivity contribution in [2.45, 2.75) is 13.3 Å². The van der Waals surface area contributed by atoms with E-state index in [1.54, 1.807) is 30.3 Å². The molecule has 0 spiro atoms. The second kappa shape index (κ2) is 8.66. The molecule has 4 atom stereocenters. The minimum Gasteiger partial charge on any atom is -0.481 e. The summed E-state index contributed by atoms with van der Waals surface area (Å²) in [7, 11) is 0. The molecule has 2 aliphatic carbocycles. The van der Waals surface area contributed by atoms with Crippen LogP contribution in [-0.2, 0) is 9.59 Å². The van der Waals surface area contributed by atoms with Crippen LogP contribution in [0.5, 0.6) is 0 Å². The Morgan fingerprint density at radius 2 is 1.53 bits per heavy atom. The number of anilines is 1. The third-order valence-corrected chi connectivity index (χ3v) is 6.03. The number of carboxylic acids is 1. The summed E-state index contributed by atoms with van der Waals surface area (Å²) < 4.78 is 0. The Morgan fingerprint density at radius 3 is 2.19 bits per heavy atom. The summed E-state index contributed by atoms with van der Waals surface area (Å²) >= 11 is 0. The first-order valence-electron chi connectivity index (χ1n) is 10.3. The van der Waals surface area contributed by atoms with Crippen molar-refractivity contribution in [3.05, 3.63) is 77.4 Å². The van der Waals surface area contributed by atoms with E-state index in [1.165, 1.54) is 12.1 Å². The fraction of sp³-hybridized carbons (Fsp3) is 0.250. The molecule has 0 aromatic heterocycles. The highest BCUT2D eigenvalue weighted by Crippen LogP contribution is 2.48. The zero-order valence-corrected chi connectivity index (χ0v) is 17.4. The molecule has 3 amide bonds. The molecule has 2 aliphatic rings. The number of benzene rings is 2. The van der Waals surface area contributed by atoms with Gasteiger partial charge in [0.15, 0.2) is 0 Å². The lowest BCUT2D eigenvalue weighted by molar-refractivity contribution is -0.148. The molecule has 2 aromatic carbocycles. The Bertz CT molecular complexity index is 1110. The molecule has 8 heteroatoms. The Labute approximate surface area is 184 Å². The summed E-state index contributed by atoms with van der Waals surface area (Å²) in [6, 6.07) is 13.4. The van der Waals surface area contributed by atoms with Gasteiger partial charge < -0.3 is 10.4 Å². The van der Waals surface area contributed by atoms with Crippen LogP contribution in [0.4, 0.5) is 5.69 Å². The van der Waals surface area contributed by atoms with Crippen LogP contribution in [0.25, 0.3) is 0 Å². The first-order chi connectivity index (χ1) is 15.3. The second-order valence-electron chi connectivity index (χ2n) is 8.18. The third-order valence-electron chi connectivity index (χ3n) is 6.03. The zero-order chi connectivity index (χ0) is 22.8. The smallest absolute Gasteiger partial charge is 0.307 e. The Hall–Kier alpha value is -3.94. The number of allylic oxidation sites excluding steroid dienone is 2. The molecular formula is C24H23N3O5. The number of aliphatic carboxylic acids is 1. The molecule has 2 aromatic rings. The molecule has 4 N–H and O–H groups in total. The van der Waals surface area contributed by atoms with Crippen molar-refractivity contribution in [1.29, 1.82) is 0 Å². The van der Waals surface area contributed by atoms with Gasteiger partial charge in [0.2, 0.25) is 5.91 Å². The first-order valence-corrected chi connectivity index (χ1v) is 10.3. The van der Waals surface area contributed by atoms with E-state index in [4.69, 9.17) is 0 Å². The molecule has 32 heavy (non-hydrogen) atoms. The molecule has 4 rings (SSSR count). The van der Waals surface area contributed by atoms with E-state index in [9.17, 15) is 24.3 Å². The van der Waals surface area contributed by atoms with Gasteiger partial charge in [-0.25, -0.2) is 0 Å². The molecular weight excluding hydrogens is 410 g/mol. The van der Waals surface area contributed by atoms with Gasteiger partial charge in [-0.3, -0.25) is 30.0 Å². The van der Waals surface area contributed by atoms with Crippen LogP contribution in [0.2, 0.25) is 0 Å². The van der Waals surface area contributed by atoms with E-state index in [0.29, 0.717) is 17.7 Å². The number of hydrogen-bond acceptors (Lipinski definition) is 4. The summed E-state index contributed by atoms with van der Waals surface area (Å²) in [6.07, 6.45) is 4.36. The minimum absolute atomic E-state index is 0.130. The van der Waals surface area contributed by atoms with Crippen molar-refractivity contribution < 1.29 is 24.3 Å². The highest BCUT2D eigenvalue weighted by molar-refractivity contribution is 6.04. The number of carboxylic acid groups (broad SMARTS) is 1. The van der Waals surface area contributed by atoms with Crippen molar-refractivity contribution in [2.75, 3.05) is 5.32 Å². The average molecular weight is 433 g/mol. The maximum absolute atomic E-state index is 12.5. The summed E-state index contributed by atoms with van der Waals surface area (Å²) in [6.45, 7) is 1.90. The number of hydrogen-bond donors (Lipinski definition) is 4. The van der Waals surface area contributed by atoms with Crippen molar-refractivity contribution in [2.24, 2.45) is 23.7 Å². The van der Waals surface area contributed by atoms with E-state index in [2.05, 4.69) is 16.2 Å². The Balaban J connectivity index is 1.33. The van der Waals surface area contributed by atoms with Crippen LogP contribution in [0.1, 0.15) is 32.7 Å². The van der Waals surface area contributed by atoms with Gasteiger partial charge in [0.05, 0.1) is 11.8 Å². The number of aryl methyl sites for hydroxylation is 1. The zero-order valence-electron chi connectivity index (χ0n) is 17.4. The van der Waals surface area contributed by atoms with Gasteiger partial charge >= 0.3 is 5.97 Å². The molecule has 0 radical (unpaired) electrons. The average Bonchev–Trinajstić information content (AvgIpc) is 3.39. The van der Waals surface area contributed by atoms with E-state index >= 15 is 0 Å². The minimum atomic E-state index is -1.00. The largest absolute Gasteiger partial charge is 0.481 e. The highest BCUT2D eigenvalue weighted by atomic mass is 16.4. The topological polar surface area (TPSA) is 125 Å². The summed E-state index contributed by atoms with van der Waals surface area (Å²) in [5.41, 5.74) is 7.01. The predicted molar refractivity (Wildman–Crippen MR) is 117 cm³/mol. The molecule has 1 saturated carbocycles. The predicted octanol–water partition coefficient (Wildman–Crippen LogP) is 2.53. The number of carbonyl (C=O) groups is 4. The van der Waals surface area contributed by atoms with Crippen LogP contribution in [0.3, 0.4) is 0 Å². The van der Waals surface area contributed by atoms with Crippen molar-refractivity contribution in [3.8, 4) is 0 Å². The van der Waals surface area contributed by atoms with Crippen molar-refractivity contribution >= 4 is 29.4 Å². The fourth-order valence-corrected chi connectivity index (χ4v) is 4.48. The van der Waals surface area contributed by atoms with E-state index in [0.717, 1.165) is 5.56 Å². The summed E-state index contributed by atoms with van der Waals surface area (Å²) in [5, 5.41) is 12.2. The maximum Gasteiger partial charge on any atom is 0.307 e. The summed E-state index contributed by atoms with van der Waals surface area (Å²) in [5.74, 6) is -4.08. The highest BCUT2D eigenvalue weighted by Gasteiger charge is 2.51. The van der Waals surface area contributed by atoms with Gasteiger partial charge in [0.1, 0.15) is 0 Å². The van der Waals surface area contributed by atoms with Gasteiger partial charge in [-0.05, 0) is 61.6 Å². The van der Waals surface area contributed by atoms with Gasteiger partial charge in [0.25, 0.3) is 11.8 Å². The number of fused-ring (bicyclic) bond motifs is 2. The van der Waals surface area contributed by atoms with Crippen LogP contribution in [0, 0.1) is 30.6 Å². The molecule has 0 heterocycles. The molecule has 0 aliphatic heterocycles. The fourth-order valence-electron chi connectivity index (χ4n) is 4.48. The molecule has 164 valence electrons. The second-order valence-corrected chi connectivity index (χ2v) is 8.18.